The molecule has 0 bridgehead atoms. The van der Waals surface area contributed by atoms with Crippen LogP contribution in [0.15, 0.2) is 36.9 Å². The van der Waals surface area contributed by atoms with E-state index in [1.807, 2.05) is 18.3 Å². The maximum Gasteiger partial charge on any atom is 0.341 e. The van der Waals surface area contributed by atoms with Gasteiger partial charge >= 0.3 is 17.9 Å². The summed E-state index contributed by atoms with van der Waals surface area (Å²) in [7, 11) is 0. The second-order valence-corrected chi connectivity index (χ2v) is 14.6. The lowest BCUT2D eigenvalue weighted by Crippen LogP contribution is -2.47. The number of hydrogen-bond donors (Lipinski definition) is 6. The number of aliphatic carboxylic acids is 1. The first-order valence-electron chi connectivity index (χ1n) is 19.4. The van der Waals surface area contributed by atoms with Crippen LogP contribution in [0.3, 0.4) is 0 Å². The van der Waals surface area contributed by atoms with Gasteiger partial charge in [0, 0.05) is 67.3 Å². The van der Waals surface area contributed by atoms with Crippen molar-refractivity contribution in [1.82, 2.24) is 30.2 Å². The number of H-pyrrole nitrogens is 2. The van der Waals surface area contributed by atoms with Gasteiger partial charge in [0.05, 0.1) is 36.7 Å². The van der Waals surface area contributed by atoms with Gasteiger partial charge in [-0.1, -0.05) is 0 Å². The monoisotopic (exact) mass is 816 g/mol. The maximum absolute atomic E-state index is 12.7. The summed E-state index contributed by atoms with van der Waals surface area (Å²) in [6.07, 6.45) is 13.0. The fourth-order valence-electron chi connectivity index (χ4n) is 7.02. The van der Waals surface area contributed by atoms with E-state index in [-0.39, 0.29) is 36.9 Å². The van der Waals surface area contributed by atoms with Gasteiger partial charge in [0.1, 0.15) is 27.8 Å². The lowest BCUT2D eigenvalue weighted by Gasteiger charge is -2.35. The van der Waals surface area contributed by atoms with Crippen LogP contribution in [0.5, 0.6) is 0 Å². The third kappa shape index (κ3) is 9.61. The smallest absolute Gasteiger partial charge is 0.341 e. The number of carbonyl (C=O) groups excluding carboxylic acids is 3. The molecule has 2 atom stereocenters. The van der Waals surface area contributed by atoms with Crippen LogP contribution in [0.25, 0.3) is 22.1 Å². The van der Waals surface area contributed by atoms with Crippen LogP contribution in [0.1, 0.15) is 85.9 Å². The molecule has 2 saturated heterocycles. The van der Waals surface area contributed by atoms with Crippen LogP contribution >= 0.6 is 12.4 Å². The minimum atomic E-state index is -0.986. The second kappa shape index (κ2) is 19.0. The molecule has 2 saturated carbocycles. The number of pyridine rings is 2. The van der Waals surface area contributed by atoms with Crippen molar-refractivity contribution in [2.75, 3.05) is 50.0 Å². The van der Waals surface area contributed by atoms with Gasteiger partial charge in [0.25, 0.3) is 0 Å². The number of hydrogen-bond acceptors (Lipinski definition) is 13. The van der Waals surface area contributed by atoms with Crippen LogP contribution in [0.4, 0.5) is 11.4 Å². The molecule has 8 rings (SSSR count). The zero-order valence-electron chi connectivity index (χ0n) is 32.6. The molecule has 0 radical (unpaired) electrons. The van der Waals surface area contributed by atoms with E-state index in [0.717, 1.165) is 60.9 Å². The second-order valence-electron chi connectivity index (χ2n) is 14.6. The SMILES string of the molecule is CCOC(=O)c1cnc2[nH]ccc2c1N[C@@H]1CCCN(C(=O)C2(C#N)CC2)C1.CCOC(=O)c1cnc2[nH]ccc2c1N[C@@H]1CCCNC1.Cl.N#CC1(C(=O)O)CC1. The topological polar surface area (TPSA) is 251 Å². The molecule has 1 amide bonds. The van der Waals surface area contributed by atoms with Crippen molar-refractivity contribution in [3.05, 3.63) is 48.0 Å². The number of rotatable bonds is 10. The molecule has 17 nitrogen and oxygen atoms in total. The number of fused-ring (bicyclic) bond motifs is 2. The molecule has 0 unspecified atom stereocenters. The Balaban J connectivity index is 0.000000188. The fourth-order valence-corrected chi connectivity index (χ4v) is 7.02. The Morgan fingerprint density at radius 1 is 0.845 bits per heavy atom. The summed E-state index contributed by atoms with van der Waals surface area (Å²) in [5, 5.41) is 37.9. The van der Waals surface area contributed by atoms with E-state index in [2.05, 4.69) is 42.0 Å². The number of carboxylic acids is 1. The number of amides is 1. The molecular formula is C40H49ClN10O7. The first-order valence-corrected chi connectivity index (χ1v) is 19.4. The minimum Gasteiger partial charge on any atom is -0.480 e. The highest BCUT2D eigenvalue weighted by atomic mass is 35.5. The molecular weight excluding hydrogens is 768 g/mol. The van der Waals surface area contributed by atoms with Crippen molar-refractivity contribution in [2.45, 2.75) is 77.3 Å². The van der Waals surface area contributed by atoms with Crippen molar-refractivity contribution in [3.8, 4) is 12.1 Å². The number of halogens is 1. The Morgan fingerprint density at radius 2 is 1.36 bits per heavy atom. The normalized spacial score (nSPS) is 19.6. The number of carbonyl (C=O) groups is 4. The summed E-state index contributed by atoms with van der Waals surface area (Å²) in [4.78, 5) is 63.9. The lowest BCUT2D eigenvalue weighted by molar-refractivity contribution is -0.141. The van der Waals surface area contributed by atoms with Crippen LogP contribution in [-0.2, 0) is 19.1 Å². The van der Waals surface area contributed by atoms with Crippen molar-refractivity contribution < 1.29 is 33.8 Å². The Hall–Kier alpha value is -5.91. The number of nitrogens with one attached hydrogen (secondary N) is 5. The molecule has 308 valence electrons. The molecule has 4 aromatic rings. The number of ether oxygens (including phenoxy) is 2. The summed E-state index contributed by atoms with van der Waals surface area (Å²) in [6, 6.07) is 8.04. The van der Waals surface area contributed by atoms with Crippen molar-refractivity contribution in [3.63, 3.8) is 0 Å². The molecule has 6 N–H and O–H groups in total. The summed E-state index contributed by atoms with van der Waals surface area (Å²) in [6.45, 7) is 7.34. The van der Waals surface area contributed by atoms with Crippen LogP contribution in [0, 0.1) is 33.5 Å². The molecule has 58 heavy (non-hydrogen) atoms. The molecule has 18 heteroatoms. The highest BCUT2D eigenvalue weighted by molar-refractivity contribution is 6.05. The molecule has 4 aliphatic rings. The summed E-state index contributed by atoms with van der Waals surface area (Å²) < 4.78 is 10.3. The first-order chi connectivity index (χ1) is 27.6. The van der Waals surface area contributed by atoms with E-state index in [9.17, 15) is 24.4 Å². The van der Waals surface area contributed by atoms with Crippen molar-refractivity contribution in [1.29, 1.82) is 10.5 Å². The van der Waals surface area contributed by atoms with Crippen LogP contribution in [0.2, 0.25) is 0 Å². The third-order valence-corrected chi connectivity index (χ3v) is 10.6. The molecule has 0 spiro atoms. The van der Waals surface area contributed by atoms with Crippen molar-refractivity contribution in [2.24, 2.45) is 10.8 Å². The Kier molecular flexibility index (Phi) is 14.2. The van der Waals surface area contributed by atoms with E-state index < -0.39 is 22.8 Å². The average Bonchev–Trinajstić information content (AvgIpc) is 4.10. The quantitative estimate of drug-likeness (QED) is 0.113. The highest BCUT2D eigenvalue weighted by Crippen LogP contribution is 2.47. The molecule has 0 aromatic carbocycles. The van der Waals surface area contributed by atoms with Crippen LogP contribution in [-0.4, -0.2) is 105 Å². The van der Waals surface area contributed by atoms with Gasteiger partial charge in [-0.05, 0) is 83.9 Å². The predicted molar refractivity (Wildman–Crippen MR) is 216 cm³/mol. The predicted octanol–water partition coefficient (Wildman–Crippen LogP) is 5.15. The van der Waals surface area contributed by atoms with Gasteiger partial charge in [0.15, 0.2) is 5.41 Å². The molecule has 2 aliphatic carbocycles. The van der Waals surface area contributed by atoms with E-state index in [0.29, 0.717) is 73.9 Å². The molecule has 4 fully saturated rings. The Bertz CT molecular complexity index is 2190. The number of nitriles is 2. The number of nitrogens with zero attached hydrogens (tertiary/aromatic N) is 5. The Labute approximate surface area is 341 Å². The number of piperidine rings is 2. The molecule has 4 aromatic heterocycles. The lowest BCUT2D eigenvalue weighted by atomic mass is 10.0. The molecule has 6 heterocycles. The largest absolute Gasteiger partial charge is 0.480 e. The minimum absolute atomic E-state index is 0. The summed E-state index contributed by atoms with van der Waals surface area (Å²) >= 11 is 0. The van der Waals surface area contributed by atoms with E-state index in [1.165, 1.54) is 6.20 Å². The molecule has 2 aliphatic heterocycles. The zero-order chi connectivity index (χ0) is 40.6. The fraction of sp³-hybridized carbons (Fsp3) is 0.500. The van der Waals surface area contributed by atoms with Gasteiger partial charge in [-0.15, -0.1) is 12.4 Å². The van der Waals surface area contributed by atoms with Gasteiger partial charge < -0.3 is 45.4 Å². The Morgan fingerprint density at radius 3 is 1.79 bits per heavy atom. The average molecular weight is 817 g/mol. The highest BCUT2D eigenvalue weighted by Gasteiger charge is 2.53. The van der Waals surface area contributed by atoms with Gasteiger partial charge in [-0.25, -0.2) is 19.6 Å². The van der Waals surface area contributed by atoms with Crippen molar-refractivity contribution >= 4 is 69.7 Å². The number of aromatic nitrogens is 4. The maximum atomic E-state index is 12.7. The number of likely N-dealkylation sites (tertiary alicyclic amines) is 1. The third-order valence-electron chi connectivity index (χ3n) is 10.6. The summed E-state index contributed by atoms with van der Waals surface area (Å²) in [5.74, 6) is -1.79. The van der Waals surface area contributed by atoms with Gasteiger partial charge in [-0.2, -0.15) is 10.5 Å². The summed E-state index contributed by atoms with van der Waals surface area (Å²) in [5.41, 5.74) is 2.03. The van der Waals surface area contributed by atoms with Crippen LogP contribution < -0.4 is 16.0 Å². The van der Waals surface area contributed by atoms with E-state index >= 15 is 0 Å². The van der Waals surface area contributed by atoms with Gasteiger partial charge in [-0.3, -0.25) is 9.59 Å². The van der Waals surface area contributed by atoms with E-state index in [1.54, 1.807) is 37.2 Å². The number of aromatic amines is 2. The standard InChI is InChI=1S/C20H23N5O3.C15H20N4O2.C5H5NO2.ClH/c1-2-28-18(26)15-10-23-17-14(5-8-22-17)16(15)24-13-4-3-9-25(11-13)19(27)20(12-21)6-7-20;1-2-21-15(20)12-9-18-14-11(5-7-17-14)13(12)19-10-4-3-6-16-8-10;6-3-5(1-2-5)4(7)8;/h5,8,10,13H,2-4,6-7,9,11H2,1H3,(H2,22,23,24);5,7,9-10,16H,2-4,6,8H2,1H3,(H2,17,18,19);1-2H2,(H,7,8);1H/t13-;10-;;/m11../s1. The first kappa shape index (κ1) is 43.2. The number of esters is 2. The number of carboxylic acid groups (broad SMARTS) is 1. The van der Waals surface area contributed by atoms with E-state index in [4.69, 9.17) is 19.8 Å². The zero-order valence-corrected chi connectivity index (χ0v) is 33.4. The van der Waals surface area contributed by atoms with Gasteiger partial charge in [0.2, 0.25) is 5.91 Å². The number of anilines is 2.